The van der Waals surface area contributed by atoms with Crippen molar-refractivity contribution < 1.29 is 32.2 Å². The van der Waals surface area contributed by atoms with Gasteiger partial charge in [0.05, 0.1) is 19.2 Å². The largest absolute Gasteiger partial charge is 0.573 e. The molecule has 2 rings (SSSR count). The van der Waals surface area contributed by atoms with Gasteiger partial charge in [-0.3, -0.25) is 9.80 Å². The van der Waals surface area contributed by atoms with Crippen LogP contribution in [0.3, 0.4) is 0 Å². The molecule has 0 spiro atoms. The molecule has 0 radical (unpaired) electrons. The fourth-order valence-corrected chi connectivity index (χ4v) is 3.13. The van der Waals surface area contributed by atoms with E-state index < -0.39 is 24.0 Å². The predicted molar refractivity (Wildman–Crippen MR) is 107 cm³/mol. The Morgan fingerprint density at radius 2 is 2.06 bits per heavy atom. The minimum atomic E-state index is -4.82. The van der Waals surface area contributed by atoms with Crippen molar-refractivity contribution in [1.29, 1.82) is 0 Å². The van der Waals surface area contributed by atoms with E-state index in [0.29, 0.717) is 5.56 Å². The maximum atomic E-state index is 12.4. The Morgan fingerprint density at radius 1 is 1.32 bits per heavy atom. The van der Waals surface area contributed by atoms with E-state index in [9.17, 15) is 22.8 Å². The number of hydrazine groups is 2. The average Bonchev–Trinajstić information content (AvgIpc) is 3.01. The molecule has 1 aromatic carbocycles. The number of benzene rings is 1. The lowest BCUT2D eigenvalue weighted by Gasteiger charge is -2.19. The van der Waals surface area contributed by atoms with E-state index in [1.807, 2.05) is 0 Å². The van der Waals surface area contributed by atoms with Gasteiger partial charge >= 0.3 is 12.3 Å². The quantitative estimate of drug-likeness (QED) is 0.182. The summed E-state index contributed by atoms with van der Waals surface area (Å²) < 4.78 is 47.3. The molecule has 14 heteroatoms. The van der Waals surface area contributed by atoms with Crippen molar-refractivity contribution in [2.75, 3.05) is 20.7 Å². The molecule has 0 aromatic heterocycles. The second kappa shape index (κ2) is 10.8. The van der Waals surface area contributed by atoms with Crippen LogP contribution >= 0.6 is 11.9 Å². The van der Waals surface area contributed by atoms with E-state index in [1.165, 1.54) is 34.8 Å². The maximum absolute atomic E-state index is 12.4. The SMILES string of the molecule is CCOC(=O)C1=CN(S/C(=N\NC)NC(=O)Cc2cccc(OC(F)(F)F)c2)NN1C. The number of alkyl halides is 3. The highest BCUT2D eigenvalue weighted by Crippen LogP contribution is 2.23. The lowest BCUT2D eigenvalue weighted by Crippen LogP contribution is -2.39. The van der Waals surface area contributed by atoms with E-state index in [0.717, 1.165) is 24.1 Å². The van der Waals surface area contributed by atoms with Crippen molar-refractivity contribution in [3.05, 3.63) is 41.7 Å². The summed E-state index contributed by atoms with van der Waals surface area (Å²) in [7, 11) is 3.13. The fraction of sp³-hybridized carbons (Fsp3) is 0.353. The second-order valence-corrected chi connectivity index (χ2v) is 6.83. The van der Waals surface area contributed by atoms with Crippen LogP contribution in [-0.4, -0.2) is 53.5 Å². The number of rotatable bonds is 7. The molecule has 0 atom stereocenters. The van der Waals surface area contributed by atoms with Gasteiger partial charge in [-0.1, -0.05) is 12.1 Å². The van der Waals surface area contributed by atoms with E-state index in [1.54, 1.807) is 14.0 Å². The smallest absolute Gasteiger partial charge is 0.461 e. The van der Waals surface area contributed by atoms with E-state index in [-0.39, 0.29) is 23.9 Å². The summed E-state index contributed by atoms with van der Waals surface area (Å²) in [5, 5.41) is 8.04. The van der Waals surface area contributed by atoms with Crippen LogP contribution in [0.1, 0.15) is 12.5 Å². The Bertz CT molecular complexity index is 865. The van der Waals surface area contributed by atoms with Crippen molar-refractivity contribution in [3.63, 3.8) is 0 Å². The molecule has 1 amide bonds. The van der Waals surface area contributed by atoms with Crippen molar-refractivity contribution in [1.82, 2.24) is 25.7 Å². The van der Waals surface area contributed by atoms with Gasteiger partial charge in [0.25, 0.3) is 0 Å². The number of nitrogens with one attached hydrogen (secondary N) is 3. The zero-order valence-corrected chi connectivity index (χ0v) is 17.6. The number of likely N-dealkylation sites (N-methyl/N-ethyl adjacent to an activating group) is 1. The molecule has 0 saturated carbocycles. The lowest BCUT2D eigenvalue weighted by atomic mass is 10.1. The zero-order valence-electron chi connectivity index (χ0n) is 16.8. The molecule has 3 N–H and O–H groups in total. The summed E-state index contributed by atoms with van der Waals surface area (Å²) >= 11 is 0.948. The predicted octanol–water partition coefficient (Wildman–Crippen LogP) is 1.45. The van der Waals surface area contributed by atoms with Crippen LogP contribution in [0.5, 0.6) is 5.75 Å². The first-order valence-corrected chi connectivity index (χ1v) is 9.63. The highest BCUT2D eigenvalue weighted by Gasteiger charge is 2.31. The summed E-state index contributed by atoms with van der Waals surface area (Å²) in [6.45, 7) is 1.90. The highest BCUT2D eigenvalue weighted by atomic mass is 32.2. The Kier molecular flexibility index (Phi) is 8.38. The Balaban J connectivity index is 1.99. The number of hydrogen-bond acceptors (Lipinski definition) is 10. The Hall–Kier alpha value is -3.13. The first kappa shape index (κ1) is 24.1. The van der Waals surface area contributed by atoms with Gasteiger partial charge in [-0.2, -0.15) is 5.10 Å². The number of carbonyl (C=O) groups is 2. The molecule has 10 nitrogen and oxygen atoms in total. The van der Waals surface area contributed by atoms with E-state index >= 15 is 0 Å². The molecule has 0 bridgehead atoms. The van der Waals surface area contributed by atoms with Crippen molar-refractivity contribution in [3.8, 4) is 5.75 Å². The number of esters is 1. The molecule has 0 fully saturated rings. The lowest BCUT2D eigenvalue weighted by molar-refractivity contribution is -0.274. The molecule has 170 valence electrons. The topological polar surface area (TPSA) is 108 Å². The number of carbonyl (C=O) groups excluding carboxylic acids is 2. The van der Waals surface area contributed by atoms with Gasteiger partial charge < -0.3 is 20.2 Å². The van der Waals surface area contributed by atoms with E-state index in [2.05, 4.69) is 26.1 Å². The summed E-state index contributed by atoms with van der Waals surface area (Å²) in [6, 6.07) is 5.12. The molecule has 0 saturated heterocycles. The molecular weight excluding hydrogens is 441 g/mol. The molecule has 1 aromatic rings. The number of halogens is 3. The van der Waals surface area contributed by atoms with Crippen molar-refractivity contribution in [2.24, 2.45) is 5.10 Å². The number of nitrogens with zero attached hydrogens (tertiary/aromatic N) is 3. The number of amidine groups is 1. The molecule has 0 unspecified atom stereocenters. The third-order valence-corrected chi connectivity index (χ3v) is 4.23. The van der Waals surface area contributed by atoms with Gasteiger partial charge in [0, 0.05) is 26.0 Å². The number of amides is 1. The third kappa shape index (κ3) is 7.90. The molecular formula is C17H21F3N6O4S. The van der Waals surface area contributed by atoms with Crippen LogP contribution in [0.2, 0.25) is 0 Å². The number of ether oxygens (including phenoxy) is 2. The van der Waals surface area contributed by atoms with E-state index in [4.69, 9.17) is 4.74 Å². The fourth-order valence-electron chi connectivity index (χ4n) is 2.34. The van der Waals surface area contributed by atoms with Gasteiger partial charge in [-0.25, -0.2) is 9.21 Å². The molecule has 31 heavy (non-hydrogen) atoms. The molecule has 1 heterocycles. The van der Waals surface area contributed by atoms with Crippen molar-refractivity contribution >= 4 is 29.0 Å². The second-order valence-electron chi connectivity index (χ2n) is 5.87. The number of hydrazone groups is 1. The van der Waals surface area contributed by atoms with Gasteiger partial charge in [0.1, 0.15) is 5.75 Å². The first-order chi connectivity index (χ1) is 14.6. The normalized spacial score (nSPS) is 14.3. The van der Waals surface area contributed by atoms with Gasteiger partial charge in [0.15, 0.2) is 5.70 Å². The van der Waals surface area contributed by atoms with Gasteiger partial charge in [-0.15, -0.1) is 18.7 Å². The Morgan fingerprint density at radius 3 is 2.71 bits per heavy atom. The summed E-state index contributed by atoms with van der Waals surface area (Å²) in [6.07, 6.45) is -3.58. The van der Waals surface area contributed by atoms with Crippen LogP contribution in [0, 0.1) is 0 Å². The Labute approximate surface area is 180 Å². The van der Waals surface area contributed by atoms with Crippen LogP contribution in [-0.2, 0) is 20.7 Å². The highest BCUT2D eigenvalue weighted by molar-refractivity contribution is 8.11. The summed E-state index contributed by atoms with van der Waals surface area (Å²) in [4.78, 5) is 24.3. The molecule has 1 aliphatic heterocycles. The minimum absolute atomic E-state index is 0.123. The van der Waals surface area contributed by atoms with Crippen LogP contribution in [0.4, 0.5) is 13.2 Å². The minimum Gasteiger partial charge on any atom is -0.461 e. The monoisotopic (exact) mass is 462 g/mol. The number of hydrogen-bond donors (Lipinski definition) is 3. The molecule has 1 aliphatic rings. The summed E-state index contributed by atoms with van der Waals surface area (Å²) in [5.74, 6) is -1.47. The third-order valence-electron chi connectivity index (χ3n) is 3.48. The van der Waals surface area contributed by atoms with Crippen LogP contribution in [0.25, 0.3) is 0 Å². The van der Waals surface area contributed by atoms with Crippen LogP contribution in [0.15, 0.2) is 41.3 Å². The zero-order chi connectivity index (χ0) is 23.0. The first-order valence-electron chi connectivity index (χ1n) is 8.86. The van der Waals surface area contributed by atoms with Gasteiger partial charge in [0.2, 0.25) is 11.1 Å². The average molecular weight is 462 g/mol. The van der Waals surface area contributed by atoms with Crippen LogP contribution < -0.4 is 21.0 Å². The van der Waals surface area contributed by atoms with Gasteiger partial charge in [-0.05, 0) is 24.6 Å². The summed E-state index contributed by atoms with van der Waals surface area (Å²) in [5.41, 5.74) is 5.93. The maximum Gasteiger partial charge on any atom is 0.573 e. The molecule has 0 aliphatic carbocycles. The van der Waals surface area contributed by atoms with Crippen molar-refractivity contribution in [2.45, 2.75) is 19.7 Å². The standard InChI is InChI=1S/C17H21F3N6O4S/c1-4-29-15(28)13-10-26(24-25(13)3)31-16(23-21-2)22-14(27)9-11-6-5-7-12(8-11)30-17(18,19)20/h5-8,10,21,24H,4,9H2,1-3H3,(H,22,23,27).